The van der Waals surface area contributed by atoms with Gasteiger partial charge in [0.1, 0.15) is 5.75 Å². The third kappa shape index (κ3) is 4.03. The summed E-state index contributed by atoms with van der Waals surface area (Å²) in [4.78, 5) is 0. The van der Waals surface area contributed by atoms with Gasteiger partial charge in [0, 0.05) is 11.3 Å². The van der Waals surface area contributed by atoms with Gasteiger partial charge in [-0.2, -0.15) is 0 Å². The van der Waals surface area contributed by atoms with Gasteiger partial charge in [-0.05, 0) is 57.1 Å². The lowest BCUT2D eigenvalue weighted by Gasteiger charge is -2.42. The molecular formula is C23H36O2Si2. The normalized spacial score (nSPS) is 28.4. The van der Waals surface area contributed by atoms with Gasteiger partial charge in [-0.25, -0.2) is 0 Å². The molecule has 0 unspecified atom stereocenters. The Kier molecular flexibility index (Phi) is 5.39. The third-order valence-corrected chi connectivity index (χ3v) is 9.25. The van der Waals surface area contributed by atoms with Crippen molar-refractivity contribution in [2.45, 2.75) is 71.1 Å². The molecule has 4 heteroatoms. The fourth-order valence-electron chi connectivity index (χ4n) is 4.87. The Labute approximate surface area is 167 Å². The molecule has 1 saturated carbocycles. The van der Waals surface area contributed by atoms with E-state index in [1.54, 1.807) is 17.9 Å². The van der Waals surface area contributed by atoms with E-state index in [0.29, 0.717) is 12.0 Å². The molecule has 0 heterocycles. The quantitative estimate of drug-likeness (QED) is 0.412. The van der Waals surface area contributed by atoms with Crippen LogP contribution in [0.2, 0.25) is 39.3 Å². The largest absolute Gasteiger partial charge is 0.497 e. The van der Waals surface area contributed by atoms with Gasteiger partial charge in [0.2, 0.25) is 0 Å². The van der Waals surface area contributed by atoms with Crippen molar-refractivity contribution in [3.63, 3.8) is 0 Å². The lowest BCUT2D eigenvalue weighted by molar-refractivity contribution is 0.129. The Balaban J connectivity index is 2.05. The van der Waals surface area contributed by atoms with Crippen molar-refractivity contribution < 1.29 is 9.16 Å². The van der Waals surface area contributed by atoms with Crippen molar-refractivity contribution in [2.24, 2.45) is 5.41 Å². The first-order valence-electron chi connectivity index (χ1n) is 10.2. The maximum Gasteiger partial charge on any atom is 0.184 e. The van der Waals surface area contributed by atoms with E-state index in [9.17, 15) is 0 Å². The van der Waals surface area contributed by atoms with E-state index in [1.165, 1.54) is 12.0 Å². The first-order valence-corrected chi connectivity index (χ1v) is 17.1. The summed E-state index contributed by atoms with van der Waals surface area (Å²) in [5, 5.41) is 1.72. The monoisotopic (exact) mass is 400 g/mol. The van der Waals surface area contributed by atoms with Crippen LogP contribution in [0.1, 0.15) is 31.2 Å². The minimum Gasteiger partial charge on any atom is -0.497 e. The molecule has 0 N–H and O–H groups in total. The molecule has 0 radical (unpaired) electrons. The van der Waals surface area contributed by atoms with E-state index < -0.39 is 16.4 Å². The summed E-state index contributed by atoms with van der Waals surface area (Å²) in [6.45, 7) is 16.8. The molecule has 2 aliphatic carbocycles. The third-order valence-electron chi connectivity index (χ3n) is 6.03. The van der Waals surface area contributed by atoms with Gasteiger partial charge in [0.05, 0.1) is 21.3 Å². The van der Waals surface area contributed by atoms with E-state index in [2.05, 4.69) is 82.6 Å². The van der Waals surface area contributed by atoms with Crippen LogP contribution >= 0.6 is 0 Å². The average Bonchev–Trinajstić information content (AvgIpc) is 2.88. The average molecular weight is 401 g/mol. The van der Waals surface area contributed by atoms with E-state index in [1.807, 2.05) is 0 Å². The first kappa shape index (κ1) is 20.6. The minimum absolute atomic E-state index is 0.0683. The molecule has 0 saturated heterocycles. The molecule has 0 aliphatic heterocycles. The molecule has 27 heavy (non-hydrogen) atoms. The van der Waals surface area contributed by atoms with Crippen LogP contribution in [0.3, 0.4) is 0 Å². The van der Waals surface area contributed by atoms with Crippen LogP contribution in [0.4, 0.5) is 0 Å². The minimum atomic E-state index is -1.56. The Morgan fingerprint density at radius 1 is 1.00 bits per heavy atom. The van der Waals surface area contributed by atoms with E-state index >= 15 is 0 Å². The first-order chi connectivity index (χ1) is 12.5. The summed E-state index contributed by atoms with van der Waals surface area (Å²) in [5.74, 6) is 1.33. The number of hydrogen-bond donors (Lipinski definition) is 0. The molecule has 1 fully saturated rings. The smallest absolute Gasteiger partial charge is 0.184 e. The van der Waals surface area contributed by atoms with Gasteiger partial charge >= 0.3 is 0 Å². The maximum absolute atomic E-state index is 6.66. The standard InChI is InChI=1S/C23H36O2Si2/c1-23-16-15-19(17-9-11-18(24-2)12-10-17)22(26(3,4)5)20(23)13-14-21(23)25-27(6,7)8/h9-12,15-16,19,21H,13-14H2,1-8H3/t19-,21+,23+/m1/s1. The summed E-state index contributed by atoms with van der Waals surface area (Å²) in [6.07, 6.45) is 7.61. The summed E-state index contributed by atoms with van der Waals surface area (Å²) in [6, 6.07) is 8.66. The summed E-state index contributed by atoms with van der Waals surface area (Å²) in [5.41, 5.74) is 3.13. The zero-order valence-electron chi connectivity index (χ0n) is 18.3. The lowest BCUT2D eigenvalue weighted by Crippen LogP contribution is -2.41. The second kappa shape index (κ2) is 7.05. The number of hydrogen-bond acceptors (Lipinski definition) is 2. The Hall–Kier alpha value is -1.11. The molecule has 2 aliphatic rings. The molecule has 0 aromatic heterocycles. The molecule has 0 bridgehead atoms. The predicted molar refractivity (Wildman–Crippen MR) is 121 cm³/mol. The fourth-order valence-corrected chi connectivity index (χ4v) is 8.58. The van der Waals surface area contributed by atoms with Crippen LogP contribution in [0.15, 0.2) is 47.2 Å². The van der Waals surface area contributed by atoms with Crippen LogP contribution in [-0.4, -0.2) is 29.6 Å². The van der Waals surface area contributed by atoms with Crippen LogP contribution in [0.5, 0.6) is 5.75 Å². The van der Waals surface area contributed by atoms with Crippen molar-refractivity contribution in [1.82, 2.24) is 0 Å². The summed E-state index contributed by atoms with van der Waals surface area (Å²) >= 11 is 0. The predicted octanol–water partition coefficient (Wildman–Crippen LogP) is 6.54. The molecule has 3 rings (SSSR count). The Morgan fingerprint density at radius 2 is 1.63 bits per heavy atom. The highest BCUT2D eigenvalue weighted by Gasteiger charge is 2.49. The Bertz CT molecular complexity index is 750. The van der Waals surface area contributed by atoms with E-state index in [0.717, 1.165) is 12.2 Å². The van der Waals surface area contributed by atoms with Crippen LogP contribution in [-0.2, 0) is 4.43 Å². The highest BCUT2D eigenvalue weighted by Crippen LogP contribution is 2.55. The van der Waals surface area contributed by atoms with E-state index in [4.69, 9.17) is 9.16 Å². The second-order valence-corrected chi connectivity index (χ2v) is 19.8. The second-order valence-electron chi connectivity index (χ2n) is 10.3. The molecule has 148 valence electrons. The van der Waals surface area contributed by atoms with Crippen molar-refractivity contribution in [3.8, 4) is 5.75 Å². The van der Waals surface area contributed by atoms with E-state index in [-0.39, 0.29) is 5.41 Å². The van der Waals surface area contributed by atoms with Gasteiger partial charge in [-0.3, -0.25) is 0 Å². The number of allylic oxidation sites excluding steroid dienone is 2. The molecule has 3 atom stereocenters. The van der Waals surface area contributed by atoms with Gasteiger partial charge in [-0.15, -0.1) is 0 Å². The lowest BCUT2D eigenvalue weighted by atomic mass is 9.75. The number of fused-ring (bicyclic) bond motifs is 1. The van der Waals surface area contributed by atoms with Gasteiger partial charge in [-0.1, -0.05) is 54.7 Å². The van der Waals surface area contributed by atoms with Gasteiger partial charge in [0.25, 0.3) is 0 Å². The molecule has 1 aromatic rings. The highest BCUT2D eigenvalue weighted by molar-refractivity contribution is 6.83. The fraction of sp³-hybridized carbons (Fsp3) is 0.565. The highest BCUT2D eigenvalue weighted by atomic mass is 28.4. The van der Waals surface area contributed by atoms with Gasteiger partial charge in [0.15, 0.2) is 8.32 Å². The van der Waals surface area contributed by atoms with Crippen LogP contribution in [0, 0.1) is 5.41 Å². The number of ether oxygens (including phenoxy) is 1. The van der Waals surface area contributed by atoms with Crippen LogP contribution < -0.4 is 4.74 Å². The molecule has 0 spiro atoms. The number of rotatable bonds is 5. The Morgan fingerprint density at radius 3 is 2.15 bits per heavy atom. The zero-order chi connectivity index (χ0) is 20.0. The van der Waals surface area contributed by atoms with Crippen molar-refractivity contribution in [3.05, 3.63) is 52.8 Å². The zero-order valence-corrected chi connectivity index (χ0v) is 20.3. The number of methoxy groups -OCH3 is 1. The molecular weight excluding hydrogens is 364 g/mol. The van der Waals surface area contributed by atoms with Crippen molar-refractivity contribution in [2.75, 3.05) is 7.11 Å². The summed E-state index contributed by atoms with van der Waals surface area (Å²) in [7, 11) is -1.33. The SMILES string of the molecule is COc1ccc([C@H]2C=C[C@@]3(C)C(=C2[Si](C)(C)C)CC[C@@H]3O[Si](C)(C)C)cc1. The topological polar surface area (TPSA) is 18.5 Å². The number of benzene rings is 1. The maximum atomic E-state index is 6.66. The molecule has 2 nitrogen and oxygen atoms in total. The summed E-state index contributed by atoms with van der Waals surface area (Å²) < 4.78 is 12.0. The van der Waals surface area contributed by atoms with Gasteiger partial charge < -0.3 is 9.16 Å². The molecule has 0 amide bonds. The van der Waals surface area contributed by atoms with Crippen molar-refractivity contribution in [1.29, 1.82) is 0 Å². The van der Waals surface area contributed by atoms with Crippen molar-refractivity contribution >= 4 is 16.4 Å². The molecule has 1 aromatic carbocycles. The van der Waals surface area contributed by atoms with Crippen LogP contribution in [0.25, 0.3) is 0 Å².